The van der Waals surface area contributed by atoms with Crippen molar-refractivity contribution >= 4 is 33.3 Å². The number of nitrogens with zero attached hydrogens (tertiary/aromatic N) is 2. The molecule has 2 aromatic rings. The van der Waals surface area contributed by atoms with Gasteiger partial charge in [0, 0.05) is 18.1 Å². The lowest BCUT2D eigenvalue weighted by Gasteiger charge is -2.10. The third-order valence-corrected chi connectivity index (χ3v) is 4.19. The first-order chi connectivity index (χ1) is 8.90. The summed E-state index contributed by atoms with van der Waals surface area (Å²) in [5.74, 6) is -0.0299. The summed E-state index contributed by atoms with van der Waals surface area (Å²) in [7, 11) is -3.87. The van der Waals surface area contributed by atoms with E-state index in [1.807, 2.05) is 0 Å². The predicted octanol–water partition coefficient (Wildman–Crippen LogP) is 1.82. The largest absolute Gasteiger partial charge is 0.398 e. The zero-order chi connectivity index (χ0) is 14.0. The Kier molecular flexibility index (Phi) is 3.59. The Morgan fingerprint density at radius 1 is 1.26 bits per heavy atom. The molecule has 0 aliphatic rings. The van der Waals surface area contributed by atoms with Crippen LogP contribution < -0.4 is 10.5 Å². The van der Waals surface area contributed by atoms with Crippen molar-refractivity contribution in [2.45, 2.75) is 11.8 Å². The normalized spacial score (nSPS) is 11.3. The van der Waals surface area contributed by atoms with E-state index >= 15 is 0 Å². The van der Waals surface area contributed by atoms with Crippen molar-refractivity contribution in [1.29, 1.82) is 0 Å². The molecular formula is C11H11ClN4O2S. The van der Waals surface area contributed by atoms with Gasteiger partial charge in [0.15, 0.2) is 0 Å². The quantitative estimate of drug-likeness (QED) is 0.842. The second kappa shape index (κ2) is 5.02. The summed E-state index contributed by atoms with van der Waals surface area (Å²) in [4.78, 5) is 7.46. The van der Waals surface area contributed by atoms with Crippen LogP contribution in [-0.4, -0.2) is 18.4 Å². The number of rotatable bonds is 3. The summed E-state index contributed by atoms with van der Waals surface area (Å²) in [5, 5.41) is 0.0927. The molecular weight excluding hydrogens is 288 g/mol. The molecule has 3 N–H and O–H groups in total. The van der Waals surface area contributed by atoms with Crippen LogP contribution in [0.2, 0.25) is 5.02 Å². The Morgan fingerprint density at radius 2 is 1.89 bits per heavy atom. The Bertz CT molecular complexity index is 704. The molecule has 0 aliphatic heterocycles. The monoisotopic (exact) mass is 298 g/mol. The van der Waals surface area contributed by atoms with Crippen molar-refractivity contribution in [2.75, 3.05) is 10.5 Å². The summed E-state index contributed by atoms with van der Waals surface area (Å²) in [5.41, 5.74) is 6.75. The molecule has 0 fully saturated rings. The minimum Gasteiger partial charge on any atom is -0.398 e. The lowest BCUT2D eigenvalue weighted by atomic mass is 10.2. The molecule has 0 saturated carbocycles. The van der Waals surface area contributed by atoms with Crippen LogP contribution in [0.25, 0.3) is 0 Å². The highest BCUT2D eigenvalue weighted by Gasteiger charge is 2.20. The number of anilines is 2. The molecule has 1 aromatic heterocycles. The standard InChI is InChI=1S/C11H11ClN4O2S/c1-7-5-8(12)10(6-9(7)13)19(17,18)16-11-14-3-2-4-15-11/h2-6H,13H2,1H3,(H,14,15,16). The van der Waals surface area contributed by atoms with Crippen molar-refractivity contribution < 1.29 is 8.42 Å². The molecule has 2 rings (SSSR count). The molecule has 0 aliphatic carbocycles. The van der Waals surface area contributed by atoms with Gasteiger partial charge in [0.25, 0.3) is 10.0 Å². The fourth-order valence-corrected chi connectivity index (χ4v) is 2.98. The number of nitrogen functional groups attached to an aromatic ring is 1. The van der Waals surface area contributed by atoms with Crippen molar-refractivity contribution in [3.05, 3.63) is 41.2 Å². The van der Waals surface area contributed by atoms with Crippen LogP contribution in [0.4, 0.5) is 11.6 Å². The molecule has 0 unspecified atom stereocenters. The summed E-state index contributed by atoms with van der Waals surface area (Å²) in [6.07, 6.45) is 2.85. The van der Waals surface area contributed by atoms with Gasteiger partial charge >= 0.3 is 0 Å². The maximum atomic E-state index is 12.2. The Hall–Kier alpha value is -1.86. The Balaban J connectivity index is 2.43. The van der Waals surface area contributed by atoms with Crippen molar-refractivity contribution in [3.8, 4) is 0 Å². The van der Waals surface area contributed by atoms with E-state index in [1.54, 1.807) is 13.0 Å². The van der Waals surface area contributed by atoms with E-state index in [2.05, 4.69) is 14.7 Å². The van der Waals surface area contributed by atoms with Crippen molar-refractivity contribution in [1.82, 2.24) is 9.97 Å². The fourth-order valence-electron chi connectivity index (χ4n) is 1.40. The molecule has 0 spiro atoms. The van der Waals surface area contributed by atoms with E-state index in [0.29, 0.717) is 11.3 Å². The van der Waals surface area contributed by atoms with Crippen LogP contribution in [0.15, 0.2) is 35.5 Å². The molecule has 1 heterocycles. The van der Waals surface area contributed by atoms with Crippen LogP contribution >= 0.6 is 11.6 Å². The van der Waals surface area contributed by atoms with Crippen LogP contribution in [0, 0.1) is 6.92 Å². The highest BCUT2D eigenvalue weighted by molar-refractivity contribution is 7.92. The Labute approximate surface area is 115 Å². The van der Waals surface area contributed by atoms with Gasteiger partial charge in [-0.25, -0.2) is 23.1 Å². The number of hydrogen-bond donors (Lipinski definition) is 2. The number of aromatic nitrogens is 2. The zero-order valence-corrected chi connectivity index (χ0v) is 11.5. The third kappa shape index (κ3) is 2.94. The molecule has 0 amide bonds. The van der Waals surface area contributed by atoms with Gasteiger partial charge in [0.2, 0.25) is 5.95 Å². The lowest BCUT2D eigenvalue weighted by Crippen LogP contribution is -2.15. The summed E-state index contributed by atoms with van der Waals surface area (Å²) in [6.45, 7) is 1.74. The smallest absolute Gasteiger partial charge is 0.265 e. The second-order valence-electron chi connectivity index (χ2n) is 3.82. The third-order valence-electron chi connectivity index (χ3n) is 2.40. The maximum absolute atomic E-state index is 12.2. The van der Waals surface area contributed by atoms with Crippen molar-refractivity contribution in [3.63, 3.8) is 0 Å². The zero-order valence-electron chi connectivity index (χ0n) is 9.96. The predicted molar refractivity (Wildman–Crippen MR) is 73.4 cm³/mol. The Morgan fingerprint density at radius 3 is 2.53 bits per heavy atom. The number of aryl methyl sites for hydroxylation is 1. The first kappa shape index (κ1) is 13.6. The number of hydrogen-bond acceptors (Lipinski definition) is 5. The van der Waals surface area contributed by atoms with Crippen LogP contribution in [0.3, 0.4) is 0 Å². The first-order valence-electron chi connectivity index (χ1n) is 5.25. The molecule has 0 radical (unpaired) electrons. The molecule has 6 nitrogen and oxygen atoms in total. The average molecular weight is 299 g/mol. The number of benzene rings is 1. The first-order valence-corrected chi connectivity index (χ1v) is 7.12. The number of sulfonamides is 1. The molecule has 0 bridgehead atoms. The van der Waals surface area contributed by atoms with Crippen molar-refractivity contribution in [2.24, 2.45) is 0 Å². The van der Waals surface area contributed by atoms with Gasteiger partial charge in [-0.1, -0.05) is 11.6 Å². The van der Waals surface area contributed by atoms with Gasteiger partial charge in [0.05, 0.1) is 5.02 Å². The maximum Gasteiger partial charge on any atom is 0.265 e. The summed E-state index contributed by atoms with van der Waals surface area (Å²) < 4.78 is 26.5. The molecule has 0 atom stereocenters. The molecule has 1 aromatic carbocycles. The van der Waals surface area contributed by atoms with Gasteiger partial charge in [-0.2, -0.15) is 0 Å². The number of nitrogens with two attached hydrogens (primary N) is 1. The van der Waals surface area contributed by atoms with Crippen LogP contribution in [-0.2, 0) is 10.0 Å². The van der Waals surface area contributed by atoms with E-state index in [4.69, 9.17) is 17.3 Å². The van der Waals surface area contributed by atoms with Gasteiger partial charge in [-0.15, -0.1) is 0 Å². The van der Waals surface area contributed by atoms with E-state index < -0.39 is 10.0 Å². The number of halogens is 1. The highest BCUT2D eigenvalue weighted by Crippen LogP contribution is 2.27. The summed E-state index contributed by atoms with van der Waals surface area (Å²) >= 11 is 5.94. The minimum atomic E-state index is -3.87. The second-order valence-corrected chi connectivity index (χ2v) is 5.88. The average Bonchev–Trinajstić information content (AvgIpc) is 2.34. The van der Waals surface area contributed by atoms with E-state index in [-0.39, 0.29) is 15.9 Å². The molecule has 100 valence electrons. The van der Waals surface area contributed by atoms with Gasteiger partial charge in [-0.3, -0.25) is 0 Å². The van der Waals surface area contributed by atoms with Crippen LogP contribution in [0.1, 0.15) is 5.56 Å². The molecule has 0 saturated heterocycles. The summed E-state index contributed by atoms with van der Waals surface area (Å²) in [6, 6.07) is 4.38. The van der Waals surface area contributed by atoms with E-state index in [1.165, 1.54) is 24.5 Å². The molecule has 8 heteroatoms. The lowest BCUT2D eigenvalue weighted by molar-refractivity contribution is 0.601. The van der Waals surface area contributed by atoms with E-state index in [9.17, 15) is 8.42 Å². The number of nitrogens with one attached hydrogen (secondary N) is 1. The van der Waals surface area contributed by atoms with Gasteiger partial charge < -0.3 is 5.73 Å². The fraction of sp³-hybridized carbons (Fsp3) is 0.0909. The SMILES string of the molecule is Cc1cc(Cl)c(S(=O)(=O)Nc2ncccn2)cc1N. The highest BCUT2D eigenvalue weighted by atomic mass is 35.5. The van der Waals surface area contributed by atoms with Crippen LogP contribution in [0.5, 0.6) is 0 Å². The van der Waals surface area contributed by atoms with E-state index in [0.717, 1.165) is 0 Å². The van der Waals surface area contributed by atoms with Gasteiger partial charge in [-0.05, 0) is 30.7 Å². The topological polar surface area (TPSA) is 98.0 Å². The van der Waals surface area contributed by atoms with Gasteiger partial charge in [0.1, 0.15) is 4.90 Å². The minimum absolute atomic E-state index is 0.0299. The molecule has 19 heavy (non-hydrogen) atoms.